The van der Waals surface area contributed by atoms with E-state index in [1.165, 1.54) is 0 Å². The minimum atomic E-state index is 0.112. The first-order valence-electron chi connectivity index (χ1n) is 6.78. The van der Waals surface area contributed by atoms with Gasteiger partial charge in [-0.1, -0.05) is 0 Å². The Labute approximate surface area is 119 Å². The molecule has 1 fully saturated rings. The predicted octanol–water partition coefficient (Wildman–Crippen LogP) is 1.57. The van der Waals surface area contributed by atoms with Crippen molar-refractivity contribution in [2.45, 2.75) is 19.4 Å². The molecule has 1 aliphatic carbocycles. The Balaban J connectivity index is 2.04. The predicted molar refractivity (Wildman–Crippen MR) is 76.6 cm³/mol. The molecule has 0 amide bonds. The number of nitrogens with one attached hydrogen (secondary N) is 1. The molecule has 1 aromatic carbocycles. The van der Waals surface area contributed by atoms with Crippen LogP contribution in [-0.4, -0.2) is 39.6 Å². The lowest BCUT2D eigenvalue weighted by Crippen LogP contribution is -2.26. The van der Waals surface area contributed by atoms with Crippen molar-refractivity contribution < 1.29 is 19.3 Å². The molecule has 5 nitrogen and oxygen atoms in total. The van der Waals surface area contributed by atoms with Crippen LogP contribution < -0.4 is 19.5 Å². The van der Waals surface area contributed by atoms with Gasteiger partial charge in [0.1, 0.15) is 0 Å². The van der Waals surface area contributed by atoms with Crippen molar-refractivity contribution in [3.63, 3.8) is 0 Å². The van der Waals surface area contributed by atoms with Crippen molar-refractivity contribution >= 4 is 0 Å². The summed E-state index contributed by atoms with van der Waals surface area (Å²) < 4.78 is 16.0. The van der Waals surface area contributed by atoms with Crippen LogP contribution >= 0.6 is 0 Å². The van der Waals surface area contributed by atoms with Crippen LogP contribution in [0.2, 0.25) is 0 Å². The minimum absolute atomic E-state index is 0.112. The smallest absolute Gasteiger partial charge is 0.203 e. The zero-order valence-corrected chi connectivity index (χ0v) is 12.4. The van der Waals surface area contributed by atoms with Crippen LogP contribution in [0.5, 0.6) is 17.2 Å². The third-order valence-corrected chi connectivity index (χ3v) is 3.85. The number of ether oxygens (including phenoxy) is 3. The van der Waals surface area contributed by atoms with Gasteiger partial charge in [-0.3, -0.25) is 0 Å². The topological polar surface area (TPSA) is 60.0 Å². The highest BCUT2D eigenvalue weighted by Gasteiger charge is 2.41. The molecule has 0 aromatic heterocycles. The second-order valence-electron chi connectivity index (χ2n) is 5.30. The van der Waals surface area contributed by atoms with Crippen molar-refractivity contribution in [1.29, 1.82) is 0 Å². The van der Waals surface area contributed by atoms with Crippen LogP contribution in [0.15, 0.2) is 12.1 Å². The molecule has 0 aliphatic heterocycles. The lowest BCUT2D eigenvalue weighted by molar-refractivity contribution is 0.207. The van der Waals surface area contributed by atoms with Crippen molar-refractivity contribution in [3.05, 3.63) is 17.7 Å². The highest BCUT2D eigenvalue weighted by molar-refractivity contribution is 5.53. The van der Waals surface area contributed by atoms with Crippen LogP contribution in [0.3, 0.4) is 0 Å². The van der Waals surface area contributed by atoms with E-state index in [0.29, 0.717) is 23.8 Å². The van der Waals surface area contributed by atoms with Crippen LogP contribution in [0.4, 0.5) is 0 Å². The Kier molecular flexibility index (Phi) is 4.73. The Morgan fingerprint density at radius 3 is 2.10 bits per heavy atom. The van der Waals surface area contributed by atoms with Gasteiger partial charge in [-0.2, -0.15) is 0 Å². The number of rotatable bonds is 8. The van der Waals surface area contributed by atoms with E-state index < -0.39 is 0 Å². The molecular formula is C15H23NO4. The maximum Gasteiger partial charge on any atom is 0.203 e. The standard InChI is InChI=1S/C15H23NO4/c1-18-12-6-11(7-13(19-2)14(12)20-3)8-16-9-15(10-17)4-5-15/h6-7,16-17H,4-5,8-10H2,1-3H3. The first kappa shape index (κ1) is 14.9. The lowest BCUT2D eigenvalue weighted by atomic mass is 10.1. The van der Waals surface area contributed by atoms with Crippen LogP contribution in [0.1, 0.15) is 18.4 Å². The minimum Gasteiger partial charge on any atom is -0.493 e. The number of methoxy groups -OCH3 is 3. The number of hydrogen-bond donors (Lipinski definition) is 2. The Morgan fingerprint density at radius 1 is 1.10 bits per heavy atom. The van der Waals surface area contributed by atoms with E-state index >= 15 is 0 Å². The fourth-order valence-electron chi connectivity index (χ4n) is 2.28. The molecule has 0 heterocycles. The summed E-state index contributed by atoms with van der Waals surface area (Å²) in [6, 6.07) is 3.87. The molecule has 0 unspecified atom stereocenters. The zero-order valence-electron chi connectivity index (χ0n) is 12.4. The highest BCUT2D eigenvalue weighted by atomic mass is 16.5. The van der Waals surface area contributed by atoms with E-state index in [0.717, 1.165) is 24.9 Å². The molecule has 1 saturated carbocycles. The van der Waals surface area contributed by atoms with E-state index in [2.05, 4.69) is 5.32 Å². The van der Waals surface area contributed by atoms with Gasteiger partial charge < -0.3 is 24.6 Å². The van der Waals surface area contributed by atoms with Crippen molar-refractivity contribution in [3.8, 4) is 17.2 Å². The molecule has 0 saturated heterocycles. The Bertz CT molecular complexity index is 432. The first-order chi connectivity index (χ1) is 9.68. The second kappa shape index (κ2) is 6.33. The Morgan fingerprint density at radius 2 is 1.70 bits per heavy atom. The monoisotopic (exact) mass is 281 g/mol. The SMILES string of the molecule is COc1cc(CNCC2(CO)CC2)cc(OC)c1OC. The normalized spacial score (nSPS) is 15.8. The summed E-state index contributed by atoms with van der Waals surface area (Å²) in [4.78, 5) is 0. The van der Waals surface area contributed by atoms with Gasteiger partial charge in [0.15, 0.2) is 11.5 Å². The van der Waals surface area contributed by atoms with Gasteiger partial charge >= 0.3 is 0 Å². The van der Waals surface area contributed by atoms with E-state index in [1.54, 1.807) is 21.3 Å². The molecule has 112 valence electrons. The molecule has 2 N–H and O–H groups in total. The van der Waals surface area contributed by atoms with Crippen molar-refractivity contribution in [1.82, 2.24) is 5.32 Å². The molecule has 0 spiro atoms. The van der Waals surface area contributed by atoms with Gasteiger partial charge in [0.25, 0.3) is 0 Å². The average Bonchev–Trinajstić information content (AvgIpc) is 3.26. The van der Waals surface area contributed by atoms with Gasteiger partial charge in [-0.25, -0.2) is 0 Å². The average molecular weight is 281 g/mol. The van der Waals surface area contributed by atoms with Gasteiger partial charge in [0.2, 0.25) is 5.75 Å². The highest BCUT2D eigenvalue weighted by Crippen LogP contribution is 2.44. The number of hydrogen-bond acceptors (Lipinski definition) is 5. The maximum absolute atomic E-state index is 9.29. The first-order valence-corrected chi connectivity index (χ1v) is 6.78. The molecule has 0 atom stereocenters. The van der Waals surface area contributed by atoms with Gasteiger partial charge in [-0.05, 0) is 30.5 Å². The number of aliphatic hydroxyl groups excluding tert-OH is 1. The third-order valence-electron chi connectivity index (χ3n) is 3.85. The maximum atomic E-state index is 9.29. The fourth-order valence-corrected chi connectivity index (χ4v) is 2.28. The fraction of sp³-hybridized carbons (Fsp3) is 0.600. The molecule has 20 heavy (non-hydrogen) atoms. The van der Waals surface area contributed by atoms with Gasteiger partial charge in [-0.15, -0.1) is 0 Å². The summed E-state index contributed by atoms with van der Waals surface area (Å²) in [5.74, 6) is 1.92. The molecule has 1 aromatic rings. The third kappa shape index (κ3) is 3.16. The molecular weight excluding hydrogens is 258 g/mol. The molecule has 2 rings (SSSR count). The molecule has 0 bridgehead atoms. The van der Waals surface area contributed by atoms with Gasteiger partial charge in [0, 0.05) is 25.1 Å². The summed E-state index contributed by atoms with van der Waals surface area (Å²) in [6.07, 6.45) is 2.21. The van der Waals surface area contributed by atoms with Crippen LogP contribution in [0, 0.1) is 5.41 Å². The van der Waals surface area contributed by atoms with Crippen LogP contribution in [0.25, 0.3) is 0 Å². The summed E-state index contributed by atoms with van der Waals surface area (Å²) in [7, 11) is 4.81. The zero-order chi connectivity index (χ0) is 14.6. The molecule has 0 radical (unpaired) electrons. The van der Waals surface area contributed by atoms with Crippen LogP contribution in [-0.2, 0) is 6.54 Å². The van der Waals surface area contributed by atoms with E-state index in [1.807, 2.05) is 12.1 Å². The van der Waals surface area contributed by atoms with E-state index in [9.17, 15) is 5.11 Å². The molecule has 1 aliphatic rings. The summed E-state index contributed by atoms with van der Waals surface area (Å²) in [5, 5.41) is 12.7. The van der Waals surface area contributed by atoms with Gasteiger partial charge in [0.05, 0.1) is 21.3 Å². The van der Waals surface area contributed by atoms with E-state index in [4.69, 9.17) is 14.2 Å². The van der Waals surface area contributed by atoms with Crippen molar-refractivity contribution in [2.75, 3.05) is 34.5 Å². The van der Waals surface area contributed by atoms with E-state index in [-0.39, 0.29) is 12.0 Å². The quantitative estimate of drug-likeness (QED) is 0.757. The second-order valence-corrected chi connectivity index (χ2v) is 5.30. The largest absolute Gasteiger partial charge is 0.493 e. The lowest BCUT2D eigenvalue weighted by Gasteiger charge is -2.16. The summed E-state index contributed by atoms with van der Waals surface area (Å²) in [5.41, 5.74) is 1.17. The number of aliphatic hydroxyl groups is 1. The summed E-state index contributed by atoms with van der Waals surface area (Å²) in [6.45, 7) is 1.80. The molecule has 5 heteroatoms. The number of benzene rings is 1. The van der Waals surface area contributed by atoms with Crippen molar-refractivity contribution in [2.24, 2.45) is 5.41 Å². The Hall–Kier alpha value is -1.46. The summed E-state index contributed by atoms with van der Waals surface area (Å²) >= 11 is 0.